The van der Waals surface area contributed by atoms with Crippen LogP contribution in [0, 0.1) is 0 Å². The fourth-order valence-corrected chi connectivity index (χ4v) is 1.98. The maximum atomic E-state index is 11.5. The summed E-state index contributed by atoms with van der Waals surface area (Å²) in [6, 6.07) is 4.93. The predicted molar refractivity (Wildman–Crippen MR) is 81.5 cm³/mol. The van der Waals surface area contributed by atoms with Crippen LogP contribution in [-0.2, 0) is 7.05 Å². The van der Waals surface area contributed by atoms with Crippen molar-refractivity contribution in [1.29, 1.82) is 0 Å². The highest BCUT2D eigenvalue weighted by Gasteiger charge is 2.05. The standard InChI is InChI=1S/C12H10BrClN4O2/c1-18-12(20)11(14)9(6-16-18)17-15-5-7-2-3-10(19)8(13)4-7/h2-6,17,19H,1H3/b15-5-. The molecule has 0 saturated carbocycles. The van der Waals surface area contributed by atoms with E-state index in [0.29, 0.717) is 10.2 Å². The normalized spacial score (nSPS) is 10.9. The van der Waals surface area contributed by atoms with Crippen molar-refractivity contribution < 1.29 is 5.11 Å². The molecule has 2 N–H and O–H groups in total. The topological polar surface area (TPSA) is 79.5 Å². The number of anilines is 1. The van der Waals surface area contributed by atoms with E-state index in [-0.39, 0.29) is 10.8 Å². The third-order valence-electron chi connectivity index (χ3n) is 2.45. The van der Waals surface area contributed by atoms with Gasteiger partial charge in [-0.2, -0.15) is 10.2 Å². The van der Waals surface area contributed by atoms with E-state index in [4.69, 9.17) is 11.6 Å². The van der Waals surface area contributed by atoms with Gasteiger partial charge in [0.05, 0.1) is 16.9 Å². The summed E-state index contributed by atoms with van der Waals surface area (Å²) in [7, 11) is 1.51. The van der Waals surface area contributed by atoms with Crippen molar-refractivity contribution in [2.45, 2.75) is 0 Å². The molecule has 2 aromatic rings. The van der Waals surface area contributed by atoms with Gasteiger partial charge in [0, 0.05) is 7.05 Å². The van der Waals surface area contributed by atoms with Crippen molar-refractivity contribution in [3.63, 3.8) is 0 Å². The minimum Gasteiger partial charge on any atom is -0.507 e. The maximum absolute atomic E-state index is 11.5. The molecule has 0 aliphatic carbocycles. The van der Waals surface area contributed by atoms with Crippen LogP contribution in [0.3, 0.4) is 0 Å². The lowest BCUT2D eigenvalue weighted by Crippen LogP contribution is -2.20. The Balaban J connectivity index is 2.16. The summed E-state index contributed by atoms with van der Waals surface area (Å²) in [6.07, 6.45) is 2.94. The molecule has 0 bridgehead atoms. The van der Waals surface area contributed by atoms with Crippen LogP contribution in [0.4, 0.5) is 5.69 Å². The molecule has 0 aliphatic heterocycles. The molecule has 0 aliphatic rings. The number of aryl methyl sites for hydroxylation is 1. The van der Waals surface area contributed by atoms with Gasteiger partial charge in [0.25, 0.3) is 5.56 Å². The molecule has 104 valence electrons. The van der Waals surface area contributed by atoms with Crippen molar-refractivity contribution in [2.24, 2.45) is 12.1 Å². The Bertz CT molecular complexity index is 730. The Labute approximate surface area is 127 Å². The largest absolute Gasteiger partial charge is 0.507 e. The summed E-state index contributed by atoms with van der Waals surface area (Å²) in [5, 5.41) is 17.2. The van der Waals surface area contributed by atoms with Gasteiger partial charge < -0.3 is 5.11 Å². The molecule has 0 fully saturated rings. The van der Waals surface area contributed by atoms with E-state index in [9.17, 15) is 9.90 Å². The number of hydrogen-bond donors (Lipinski definition) is 2. The van der Waals surface area contributed by atoms with Crippen LogP contribution in [0.5, 0.6) is 5.75 Å². The molecule has 8 heteroatoms. The predicted octanol–water partition coefficient (Wildman–Crippen LogP) is 2.35. The van der Waals surface area contributed by atoms with Crippen LogP contribution in [0.1, 0.15) is 5.56 Å². The lowest BCUT2D eigenvalue weighted by atomic mass is 10.2. The van der Waals surface area contributed by atoms with E-state index in [1.807, 2.05) is 0 Å². The van der Waals surface area contributed by atoms with E-state index in [0.717, 1.165) is 10.2 Å². The van der Waals surface area contributed by atoms with Crippen LogP contribution in [0.25, 0.3) is 0 Å². The summed E-state index contributed by atoms with van der Waals surface area (Å²) in [6.45, 7) is 0. The van der Waals surface area contributed by atoms with Gasteiger partial charge >= 0.3 is 0 Å². The second-order valence-electron chi connectivity index (χ2n) is 3.88. The number of hydrogen-bond acceptors (Lipinski definition) is 5. The van der Waals surface area contributed by atoms with Crippen LogP contribution in [0.15, 0.2) is 38.8 Å². The Hall–Kier alpha value is -1.86. The number of aromatic nitrogens is 2. The lowest BCUT2D eigenvalue weighted by Gasteiger charge is -2.03. The van der Waals surface area contributed by atoms with Gasteiger partial charge in [-0.3, -0.25) is 10.2 Å². The molecule has 0 spiro atoms. The molecular weight excluding hydrogens is 348 g/mol. The number of phenols is 1. The summed E-state index contributed by atoms with van der Waals surface area (Å²) in [5.74, 6) is 0.147. The molecule has 0 saturated heterocycles. The fourth-order valence-electron chi connectivity index (χ4n) is 1.37. The van der Waals surface area contributed by atoms with E-state index in [1.54, 1.807) is 12.1 Å². The molecule has 0 atom stereocenters. The summed E-state index contributed by atoms with van der Waals surface area (Å²) in [4.78, 5) is 11.5. The van der Waals surface area contributed by atoms with Crippen LogP contribution >= 0.6 is 27.5 Å². The zero-order valence-corrected chi connectivity index (χ0v) is 12.7. The number of hydrazone groups is 1. The Morgan fingerprint density at radius 3 is 3.00 bits per heavy atom. The van der Waals surface area contributed by atoms with Gasteiger partial charge in [0.15, 0.2) is 0 Å². The Kier molecular flexibility index (Phi) is 4.41. The van der Waals surface area contributed by atoms with Gasteiger partial charge in [-0.05, 0) is 39.7 Å². The average molecular weight is 358 g/mol. The van der Waals surface area contributed by atoms with E-state index < -0.39 is 5.56 Å². The van der Waals surface area contributed by atoms with Crippen molar-refractivity contribution in [3.8, 4) is 5.75 Å². The molecule has 0 radical (unpaired) electrons. The second-order valence-corrected chi connectivity index (χ2v) is 5.11. The van der Waals surface area contributed by atoms with E-state index in [1.165, 1.54) is 25.5 Å². The molecule has 2 rings (SSSR count). The number of benzene rings is 1. The van der Waals surface area contributed by atoms with E-state index >= 15 is 0 Å². The summed E-state index contributed by atoms with van der Waals surface area (Å²) >= 11 is 9.08. The first kappa shape index (κ1) is 14.5. The minimum absolute atomic E-state index is 0.0199. The maximum Gasteiger partial charge on any atom is 0.287 e. The third-order valence-corrected chi connectivity index (χ3v) is 3.45. The summed E-state index contributed by atoms with van der Waals surface area (Å²) < 4.78 is 1.70. The number of halogens is 2. The molecule has 1 aromatic carbocycles. The van der Waals surface area contributed by atoms with Crippen molar-refractivity contribution in [2.75, 3.05) is 5.43 Å². The lowest BCUT2D eigenvalue weighted by molar-refractivity contribution is 0.472. The molecule has 1 aromatic heterocycles. The minimum atomic E-state index is -0.403. The Morgan fingerprint density at radius 1 is 1.55 bits per heavy atom. The van der Waals surface area contributed by atoms with E-state index in [2.05, 4.69) is 31.6 Å². The van der Waals surface area contributed by atoms with Crippen LogP contribution in [-0.4, -0.2) is 21.1 Å². The van der Waals surface area contributed by atoms with Crippen LogP contribution in [0.2, 0.25) is 5.02 Å². The number of nitrogens with zero attached hydrogens (tertiary/aromatic N) is 3. The highest BCUT2D eigenvalue weighted by Crippen LogP contribution is 2.23. The molecular formula is C12H10BrClN4O2. The number of nitrogens with one attached hydrogen (secondary N) is 1. The first-order valence-electron chi connectivity index (χ1n) is 5.48. The van der Waals surface area contributed by atoms with Crippen molar-refractivity contribution in [3.05, 3.63) is 49.8 Å². The second kappa shape index (κ2) is 6.06. The fraction of sp³-hybridized carbons (Fsp3) is 0.0833. The zero-order valence-electron chi connectivity index (χ0n) is 10.3. The number of aromatic hydroxyl groups is 1. The quantitative estimate of drug-likeness (QED) is 0.653. The number of rotatable bonds is 3. The smallest absolute Gasteiger partial charge is 0.287 e. The molecule has 1 heterocycles. The highest BCUT2D eigenvalue weighted by molar-refractivity contribution is 9.10. The molecule has 0 amide bonds. The molecule has 20 heavy (non-hydrogen) atoms. The van der Waals surface area contributed by atoms with Gasteiger partial charge in [-0.1, -0.05) is 11.6 Å². The van der Waals surface area contributed by atoms with Gasteiger partial charge in [0.2, 0.25) is 0 Å². The SMILES string of the molecule is Cn1ncc(N/N=C\c2ccc(O)c(Br)c2)c(Cl)c1=O. The van der Waals surface area contributed by atoms with Gasteiger partial charge in [-0.25, -0.2) is 4.68 Å². The summed E-state index contributed by atoms with van der Waals surface area (Å²) in [5.41, 5.74) is 3.33. The average Bonchev–Trinajstić information content (AvgIpc) is 2.43. The third kappa shape index (κ3) is 3.17. The van der Waals surface area contributed by atoms with Crippen molar-refractivity contribution >= 4 is 39.4 Å². The van der Waals surface area contributed by atoms with Crippen molar-refractivity contribution in [1.82, 2.24) is 9.78 Å². The highest BCUT2D eigenvalue weighted by atomic mass is 79.9. The zero-order chi connectivity index (χ0) is 14.7. The Morgan fingerprint density at radius 2 is 2.30 bits per heavy atom. The van der Waals surface area contributed by atoms with Crippen LogP contribution < -0.4 is 11.0 Å². The first-order chi connectivity index (χ1) is 9.49. The van der Waals surface area contributed by atoms with Gasteiger partial charge in [-0.15, -0.1) is 0 Å². The first-order valence-corrected chi connectivity index (χ1v) is 6.65. The monoisotopic (exact) mass is 356 g/mol. The molecule has 6 nitrogen and oxygen atoms in total. The van der Waals surface area contributed by atoms with Gasteiger partial charge in [0.1, 0.15) is 16.5 Å². The number of phenolic OH excluding ortho intramolecular Hbond substituents is 1. The molecule has 0 unspecified atom stereocenters.